The van der Waals surface area contributed by atoms with Crippen LogP contribution < -0.4 is 10.1 Å². The first kappa shape index (κ1) is 17.7. The Morgan fingerprint density at radius 3 is 2.73 bits per heavy atom. The number of aromatic nitrogens is 1. The number of hydrogen-bond donors (Lipinski definition) is 1. The molecule has 0 unspecified atom stereocenters. The zero-order valence-corrected chi connectivity index (χ0v) is 14.6. The number of methoxy groups -OCH3 is 1. The van der Waals surface area contributed by atoms with Crippen LogP contribution in [0.25, 0.3) is 11.5 Å². The Balaban J connectivity index is 1.61. The lowest BCUT2D eigenvalue weighted by molar-refractivity contribution is 0.0953. The van der Waals surface area contributed by atoms with E-state index in [1.807, 2.05) is 6.92 Å². The first-order chi connectivity index (χ1) is 12.6. The molecule has 0 radical (unpaired) electrons. The molecule has 0 spiro atoms. The summed E-state index contributed by atoms with van der Waals surface area (Å²) < 4.78 is 23.8. The molecule has 134 valence electrons. The highest BCUT2D eigenvalue weighted by Crippen LogP contribution is 2.22. The number of carbonyl (C=O) groups excluding carboxylic acids is 1. The van der Waals surface area contributed by atoms with Crippen LogP contribution >= 0.6 is 0 Å². The lowest BCUT2D eigenvalue weighted by atomic mass is 10.2. The Morgan fingerprint density at radius 2 is 2.00 bits per heavy atom. The summed E-state index contributed by atoms with van der Waals surface area (Å²) in [5.74, 6) is 1.27. The van der Waals surface area contributed by atoms with Crippen LogP contribution in [-0.4, -0.2) is 24.5 Å². The van der Waals surface area contributed by atoms with E-state index in [4.69, 9.17) is 9.15 Å². The monoisotopic (exact) mass is 354 g/mol. The number of rotatable bonds is 6. The first-order valence-corrected chi connectivity index (χ1v) is 8.21. The Bertz CT molecular complexity index is 904. The van der Waals surface area contributed by atoms with Crippen molar-refractivity contribution in [2.75, 3.05) is 13.7 Å². The minimum Gasteiger partial charge on any atom is -0.497 e. The van der Waals surface area contributed by atoms with Gasteiger partial charge in [-0.1, -0.05) is 6.07 Å². The van der Waals surface area contributed by atoms with E-state index in [1.165, 1.54) is 12.1 Å². The number of aryl methyl sites for hydroxylation is 1. The first-order valence-electron chi connectivity index (χ1n) is 8.21. The zero-order valence-electron chi connectivity index (χ0n) is 14.6. The highest BCUT2D eigenvalue weighted by atomic mass is 19.1. The molecular formula is C20H19FN2O3. The number of halogens is 1. The minimum absolute atomic E-state index is 0.177. The van der Waals surface area contributed by atoms with Crippen molar-refractivity contribution in [3.63, 3.8) is 0 Å². The van der Waals surface area contributed by atoms with Crippen molar-refractivity contribution in [3.05, 3.63) is 71.4 Å². The molecule has 0 fully saturated rings. The number of amides is 1. The second kappa shape index (κ2) is 7.82. The van der Waals surface area contributed by atoms with Gasteiger partial charge in [-0.05, 0) is 49.4 Å². The summed E-state index contributed by atoms with van der Waals surface area (Å²) in [5.41, 5.74) is 2.00. The van der Waals surface area contributed by atoms with Gasteiger partial charge < -0.3 is 14.5 Å². The van der Waals surface area contributed by atoms with Gasteiger partial charge in [0.15, 0.2) is 0 Å². The Morgan fingerprint density at radius 1 is 1.23 bits per heavy atom. The standard InChI is InChI=1S/C20H19FN2O3/c1-13-18(23-20(26-13)14-6-8-16(21)9-7-14)10-11-22-19(24)15-4-3-5-17(12-15)25-2/h3-9,12H,10-11H2,1-2H3,(H,22,24). The lowest BCUT2D eigenvalue weighted by Gasteiger charge is -2.06. The van der Waals surface area contributed by atoms with E-state index in [0.29, 0.717) is 41.5 Å². The summed E-state index contributed by atoms with van der Waals surface area (Å²) in [6.45, 7) is 2.24. The predicted molar refractivity (Wildman–Crippen MR) is 95.7 cm³/mol. The molecule has 1 aromatic heterocycles. The van der Waals surface area contributed by atoms with Crippen molar-refractivity contribution in [2.45, 2.75) is 13.3 Å². The summed E-state index contributed by atoms with van der Waals surface area (Å²) in [6, 6.07) is 12.9. The second-order valence-corrected chi connectivity index (χ2v) is 5.77. The van der Waals surface area contributed by atoms with Gasteiger partial charge in [-0.3, -0.25) is 4.79 Å². The largest absolute Gasteiger partial charge is 0.497 e. The number of oxazole rings is 1. The van der Waals surface area contributed by atoms with Crippen LogP contribution in [0.1, 0.15) is 21.8 Å². The van der Waals surface area contributed by atoms with Crippen LogP contribution in [0.4, 0.5) is 4.39 Å². The number of benzene rings is 2. The molecule has 2 aromatic carbocycles. The van der Waals surface area contributed by atoms with Crippen LogP contribution in [-0.2, 0) is 6.42 Å². The predicted octanol–water partition coefficient (Wildman–Crippen LogP) is 3.77. The van der Waals surface area contributed by atoms with E-state index in [0.717, 1.165) is 5.69 Å². The summed E-state index contributed by atoms with van der Waals surface area (Å²) >= 11 is 0. The van der Waals surface area contributed by atoms with E-state index < -0.39 is 0 Å². The summed E-state index contributed by atoms with van der Waals surface area (Å²) in [4.78, 5) is 16.6. The van der Waals surface area contributed by atoms with Crippen LogP contribution in [0.2, 0.25) is 0 Å². The van der Waals surface area contributed by atoms with E-state index in [9.17, 15) is 9.18 Å². The molecule has 5 nitrogen and oxygen atoms in total. The van der Waals surface area contributed by atoms with Crippen molar-refractivity contribution < 1.29 is 18.3 Å². The van der Waals surface area contributed by atoms with Gasteiger partial charge in [0, 0.05) is 24.1 Å². The van der Waals surface area contributed by atoms with Crippen molar-refractivity contribution in [1.82, 2.24) is 10.3 Å². The molecule has 26 heavy (non-hydrogen) atoms. The average Bonchev–Trinajstić information content (AvgIpc) is 3.03. The van der Waals surface area contributed by atoms with Gasteiger partial charge in [-0.25, -0.2) is 9.37 Å². The molecule has 1 N–H and O–H groups in total. The summed E-state index contributed by atoms with van der Waals surface area (Å²) in [5, 5.41) is 2.86. The highest BCUT2D eigenvalue weighted by Gasteiger charge is 2.12. The maximum Gasteiger partial charge on any atom is 0.251 e. The van der Waals surface area contributed by atoms with Crippen molar-refractivity contribution in [3.8, 4) is 17.2 Å². The molecule has 0 atom stereocenters. The number of nitrogens with zero attached hydrogens (tertiary/aromatic N) is 1. The molecule has 1 heterocycles. The molecule has 0 aliphatic heterocycles. The van der Waals surface area contributed by atoms with Gasteiger partial charge >= 0.3 is 0 Å². The fourth-order valence-corrected chi connectivity index (χ4v) is 2.54. The third-order valence-corrected chi connectivity index (χ3v) is 3.96. The fourth-order valence-electron chi connectivity index (χ4n) is 2.54. The molecule has 0 aliphatic carbocycles. The Kier molecular flexibility index (Phi) is 5.31. The zero-order chi connectivity index (χ0) is 18.5. The Hall–Kier alpha value is -3.15. The molecule has 3 aromatic rings. The Labute approximate surface area is 150 Å². The number of ether oxygens (including phenoxy) is 1. The topological polar surface area (TPSA) is 64.4 Å². The number of carbonyl (C=O) groups is 1. The van der Waals surface area contributed by atoms with Crippen LogP contribution in [0.15, 0.2) is 52.9 Å². The van der Waals surface area contributed by atoms with Crippen LogP contribution in [0.5, 0.6) is 5.75 Å². The SMILES string of the molecule is COc1cccc(C(=O)NCCc2nc(-c3ccc(F)cc3)oc2C)c1. The van der Waals surface area contributed by atoms with Crippen LogP contribution in [0.3, 0.4) is 0 Å². The number of nitrogens with one attached hydrogen (secondary N) is 1. The lowest BCUT2D eigenvalue weighted by Crippen LogP contribution is -2.25. The second-order valence-electron chi connectivity index (χ2n) is 5.77. The summed E-state index contributed by atoms with van der Waals surface area (Å²) in [6.07, 6.45) is 0.534. The van der Waals surface area contributed by atoms with Gasteiger partial charge in [0.05, 0.1) is 12.8 Å². The molecule has 3 rings (SSSR count). The normalized spacial score (nSPS) is 10.6. The third kappa shape index (κ3) is 4.08. The van der Waals surface area contributed by atoms with E-state index >= 15 is 0 Å². The smallest absolute Gasteiger partial charge is 0.251 e. The van der Waals surface area contributed by atoms with Crippen molar-refractivity contribution >= 4 is 5.91 Å². The minimum atomic E-state index is -0.308. The fraction of sp³-hybridized carbons (Fsp3) is 0.200. The van der Waals surface area contributed by atoms with Gasteiger partial charge in [0.2, 0.25) is 5.89 Å². The number of hydrogen-bond acceptors (Lipinski definition) is 4. The third-order valence-electron chi connectivity index (χ3n) is 3.96. The van der Waals surface area contributed by atoms with Gasteiger partial charge in [0.1, 0.15) is 17.3 Å². The highest BCUT2D eigenvalue weighted by molar-refractivity contribution is 5.94. The maximum absolute atomic E-state index is 13.0. The molecule has 0 bridgehead atoms. The van der Waals surface area contributed by atoms with E-state index in [-0.39, 0.29) is 11.7 Å². The van der Waals surface area contributed by atoms with Gasteiger partial charge in [-0.2, -0.15) is 0 Å². The molecule has 1 amide bonds. The molecule has 0 saturated carbocycles. The van der Waals surface area contributed by atoms with Crippen LogP contribution in [0, 0.1) is 12.7 Å². The molecule has 6 heteroatoms. The molecule has 0 aliphatic rings. The van der Waals surface area contributed by atoms with Crippen molar-refractivity contribution in [2.24, 2.45) is 0 Å². The average molecular weight is 354 g/mol. The molecular weight excluding hydrogens is 335 g/mol. The summed E-state index contributed by atoms with van der Waals surface area (Å²) in [7, 11) is 1.56. The van der Waals surface area contributed by atoms with E-state index in [1.54, 1.807) is 43.5 Å². The maximum atomic E-state index is 13.0. The van der Waals surface area contributed by atoms with E-state index in [2.05, 4.69) is 10.3 Å². The molecule has 0 saturated heterocycles. The van der Waals surface area contributed by atoms with Crippen molar-refractivity contribution in [1.29, 1.82) is 0 Å². The van der Waals surface area contributed by atoms with Gasteiger partial charge in [-0.15, -0.1) is 0 Å². The van der Waals surface area contributed by atoms with Gasteiger partial charge in [0.25, 0.3) is 5.91 Å². The quantitative estimate of drug-likeness (QED) is 0.732.